The second kappa shape index (κ2) is 11.1. The molecule has 1 heterocycles. The largest absolute Gasteiger partial charge is 0.455 e. The van der Waals surface area contributed by atoms with Crippen molar-refractivity contribution in [2.24, 2.45) is 0 Å². The summed E-state index contributed by atoms with van der Waals surface area (Å²) < 4.78 is 7.96. The van der Waals surface area contributed by atoms with Crippen LogP contribution in [0.15, 0.2) is 191 Å². The minimum atomic E-state index is -0.383. The Hall–Kier alpha value is -6.42. The number of anilines is 3. The average molecular weight is 753 g/mol. The van der Waals surface area contributed by atoms with Gasteiger partial charge in [-0.1, -0.05) is 162 Å². The zero-order valence-corrected chi connectivity index (χ0v) is 30.6. The van der Waals surface area contributed by atoms with Crippen LogP contribution >= 0.6 is 15.9 Å². The molecular weight excluding hydrogens is 722 g/mol. The number of rotatable bonds is 3. The van der Waals surface area contributed by atoms with E-state index in [-0.39, 0.29) is 5.41 Å². The quantitative estimate of drug-likeness (QED) is 0.179. The fraction of sp³-hybridized carbons (Fsp3) is 0.0196. The van der Waals surface area contributed by atoms with Gasteiger partial charge in [-0.3, -0.25) is 0 Å². The third kappa shape index (κ3) is 3.84. The third-order valence-corrected chi connectivity index (χ3v) is 12.6. The summed E-state index contributed by atoms with van der Waals surface area (Å²) in [6.45, 7) is 0. The Kier molecular flexibility index (Phi) is 6.16. The molecule has 3 heteroatoms. The smallest absolute Gasteiger partial charge is 0.143 e. The monoisotopic (exact) mass is 751 g/mol. The van der Waals surface area contributed by atoms with E-state index < -0.39 is 0 Å². The maximum absolute atomic E-state index is 6.89. The van der Waals surface area contributed by atoms with Crippen molar-refractivity contribution in [1.82, 2.24) is 0 Å². The van der Waals surface area contributed by atoms with Crippen LogP contribution in [-0.4, -0.2) is 0 Å². The molecule has 0 radical (unpaired) electrons. The van der Waals surface area contributed by atoms with Crippen LogP contribution in [0.25, 0.3) is 65.7 Å². The molecule has 12 rings (SSSR count). The van der Waals surface area contributed by atoms with Crippen LogP contribution in [0.3, 0.4) is 0 Å². The first-order valence-corrected chi connectivity index (χ1v) is 19.3. The summed E-state index contributed by atoms with van der Waals surface area (Å²) in [5.74, 6) is 0. The zero-order valence-electron chi connectivity index (χ0n) is 29.1. The molecule has 10 aromatic rings. The number of furan rings is 1. The molecule has 54 heavy (non-hydrogen) atoms. The van der Waals surface area contributed by atoms with E-state index in [1.54, 1.807) is 0 Å². The summed E-state index contributed by atoms with van der Waals surface area (Å²) in [7, 11) is 0. The van der Waals surface area contributed by atoms with Gasteiger partial charge in [0.15, 0.2) is 0 Å². The van der Waals surface area contributed by atoms with Gasteiger partial charge in [-0.2, -0.15) is 0 Å². The summed E-state index contributed by atoms with van der Waals surface area (Å²) in [5.41, 5.74) is 15.2. The number of benzene rings is 9. The number of halogens is 1. The molecule has 1 spiro atoms. The highest BCUT2D eigenvalue weighted by Crippen LogP contribution is 2.63. The molecular formula is C51H30BrNO. The van der Waals surface area contributed by atoms with Crippen molar-refractivity contribution in [3.63, 3.8) is 0 Å². The van der Waals surface area contributed by atoms with E-state index >= 15 is 0 Å². The Morgan fingerprint density at radius 1 is 0.407 bits per heavy atom. The van der Waals surface area contributed by atoms with Gasteiger partial charge in [-0.25, -0.2) is 0 Å². The van der Waals surface area contributed by atoms with Crippen molar-refractivity contribution >= 4 is 76.5 Å². The molecule has 2 aliphatic carbocycles. The van der Waals surface area contributed by atoms with Crippen LogP contribution in [0.4, 0.5) is 17.1 Å². The lowest BCUT2D eigenvalue weighted by molar-refractivity contribution is 0.673. The third-order valence-electron chi connectivity index (χ3n) is 11.9. The van der Waals surface area contributed by atoms with Crippen LogP contribution in [0, 0.1) is 0 Å². The van der Waals surface area contributed by atoms with Crippen LogP contribution in [-0.2, 0) is 5.41 Å². The SMILES string of the molecule is Brc1cc2c(oc3cc(N(c4ccccc4)c4ccc5c(c4)-c4ccccc4C54c5ccccc5-c5ccccc54)c4ccccc4c32)c2ccccc12. The molecule has 2 nitrogen and oxygen atoms in total. The lowest BCUT2D eigenvalue weighted by Crippen LogP contribution is -2.25. The van der Waals surface area contributed by atoms with Crippen molar-refractivity contribution in [3.05, 3.63) is 209 Å². The van der Waals surface area contributed by atoms with E-state index in [1.165, 1.54) is 44.5 Å². The van der Waals surface area contributed by atoms with Gasteiger partial charge < -0.3 is 9.32 Å². The van der Waals surface area contributed by atoms with Crippen molar-refractivity contribution in [2.45, 2.75) is 5.41 Å². The van der Waals surface area contributed by atoms with E-state index in [1.807, 2.05) is 0 Å². The first-order valence-electron chi connectivity index (χ1n) is 18.5. The molecule has 0 bridgehead atoms. The first-order chi connectivity index (χ1) is 26.7. The van der Waals surface area contributed by atoms with Crippen molar-refractivity contribution in [3.8, 4) is 22.3 Å². The minimum Gasteiger partial charge on any atom is -0.455 e. The van der Waals surface area contributed by atoms with Crippen molar-refractivity contribution in [2.75, 3.05) is 4.90 Å². The van der Waals surface area contributed by atoms with E-state index in [4.69, 9.17) is 4.42 Å². The van der Waals surface area contributed by atoms with E-state index in [2.05, 4.69) is 203 Å². The molecule has 0 amide bonds. The second-order valence-corrected chi connectivity index (χ2v) is 15.3. The molecule has 0 fully saturated rings. The summed E-state index contributed by atoms with van der Waals surface area (Å²) in [5, 5.41) is 6.81. The molecule has 0 aliphatic heterocycles. The van der Waals surface area contributed by atoms with Gasteiger partial charge in [-0.05, 0) is 85.6 Å². The molecule has 252 valence electrons. The molecule has 0 atom stereocenters. The Balaban J connectivity index is 1.15. The highest BCUT2D eigenvalue weighted by molar-refractivity contribution is 9.10. The molecule has 9 aromatic carbocycles. The van der Waals surface area contributed by atoms with E-state index in [0.717, 1.165) is 65.0 Å². The predicted molar refractivity (Wildman–Crippen MR) is 227 cm³/mol. The maximum atomic E-state index is 6.89. The fourth-order valence-corrected chi connectivity index (χ4v) is 10.4. The molecule has 1 aromatic heterocycles. The van der Waals surface area contributed by atoms with Crippen LogP contribution in [0.2, 0.25) is 0 Å². The van der Waals surface area contributed by atoms with Crippen LogP contribution in [0.1, 0.15) is 22.3 Å². The van der Waals surface area contributed by atoms with E-state index in [0.29, 0.717) is 0 Å². The fourth-order valence-electron chi connectivity index (χ4n) is 9.82. The zero-order chi connectivity index (χ0) is 35.5. The van der Waals surface area contributed by atoms with E-state index in [9.17, 15) is 0 Å². The molecule has 0 saturated carbocycles. The molecule has 0 unspecified atom stereocenters. The minimum absolute atomic E-state index is 0.383. The van der Waals surface area contributed by atoms with Crippen molar-refractivity contribution in [1.29, 1.82) is 0 Å². The van der Waals surface area contributed by atoms with Gasteiger partial charge in [0, 0.05) is 43.5 Å². The summed E-state index contributed by atoms with van der Waals surface area (Å²) in [6, 6.07) is 66.6. The van der Waals surface area contributed by atoms with Gasteiger partial charge in [0.1, 0.15) is 11.2 Å². The summed E-state index contributed by atoms with van der Waals surface area (Å²) in [4.78, 5) is 2.41. The average Bonchev–Trinajstić information content (AvgIpc) is 3.86. The first kappa shape index (κ1) is 30.1. The van der Waals surface area contributed by atoms with Gasteiger partial charge in [0.05, 0.1) is 11.1 Å². The maximum Gasteiger partial charge on any atom is 0.143 e. The predicted octanol–water partition coefficient (Wildman–Crippen LogP) is 14.5. The standard InChI is InChI=1S/C51H30BrNO/c52-46-29-41-49-38-21-6-5-20-37(38)47(30-48(49)54-50(41)39-22-7-4-19-36(39)46)53(31-14-2-1-3-15-31)32-26-27-45-40(28-32)35-18-10-13-25-44(35)51(45)42-23-11-8-16-33(42)34-17-9-12-24-43(34)51/h1-30H. The van der Waals surface area contributed by atoms with Crippen LogP contribution < -0.4 is 4.90 Å². The number of para-hydroxylation sites is 1. The van der Waals surface area contributed by atoms with Gasteiger partial charge in [0.2, 0.25) is 0 Å². The number of nitrogens with zero attached hydrogens (tertiary/aromatic N) is 1. The number of hydrogen-bond donors (Lipinski definition) is 0. The van der Waals surface area contributed by atoms with Crippen LogP contribution in [0.5, 0.6) is 0 Å². The van der Waals surface area contributed by atoms with Gasteiger partial charge >= 0.3 is 0 Å². The molecule has 0 N–H and O–H groups in total. The highest BCUT2D eigenvalue weighted by Gasteiger charge is 2.51. The summed E-state index contributed by atoms with van der Waals surface area (Å²) in [6.07, 6.45) is 0. The number of hydrogen-bond acceptors (Lipinski definition) is 2. The topological polar surface area (TPSA) is 16.4 Å². The number of fused-ring (bicyclic) bond motifs is 17. The Labute approximate surface area is 320 Å². The Bertz CT molecular complexity index is 3150. The normalized spacial score (nSPS) is 13.4. The Morgan fingerprint density at radius 2 is 0.944 bits per heavy atom. The second-order valence-electron chi connectivity index (χ2n) is 14.5. The Morgan fingerprint density at radius 3 is 1.63 bits per heavy atom. The lowest BCUT2D eigenvalue weighted by Gasteiger charge is -2.31. The lowest BCUT2D eigenvalue weighted by atomic mass is 9.70. The van der Waals surface area contributed by atoms with Gasteiger partial charge in [0.25, 0.3) is 0 Å². The molecule has 2 aliphatic rings. The summed E-state index contributed by atoms with van der Waals surface area (Å²) >= 11 is 3.88. The van der Waals surface area contributed by atoms with Gasteiger partial charge in [-0.15, -0.1) is 0 Å². The van der Waals surface area contributed by atoms with Crippen molar-refractivity contribution < 1.29 is 4.42 Å². The molecule has 0 saturated heterocycles. The highest BCUT2D eigenvalue weighted by atomic mass is 79.9.